The van der Waals surface area contributed by atoms with Gasteiger partial charge in [-0.1, -0.05) is 44.2 Å². The van der Waals surface area contributed by atoms with Crippen molar-refractivity contribution >= 4 is 5.91 Å². The Kier molecular flexibility index (Phi) is 3.79. The molecule has 1 N–H and O–H groups in total. The van der Waals surface area contributed by atoms with E-state index in [1.165, 1.54) is 12.0 Å². The van der Waals surface area contributed by atoms with Crippen LogP contribution < -0.4 is 5.32 Å². The van der Waals surface area contributed by atoms with Gasteiger partial charge in [0.1, 0.15) is 6.17 Å². The van der Waals surface area contributed by atoms with Crippen LogP contribution in [0.3, 0.4) is 0 Å². The van der Waals surface area contributed by atoms with Crippen LogP contribution in [-0.4, -0.2) is 23.4 Å². The number of hydrogen-bond acceptors (Lipinski definition) is 2. The van der Waals surface area contributed by atoms with Crippen molar-refractivity contribution in [3.8, 4) is 0 Å². The second kappa shape index (κ2) is 5.57. The van der Waals surface area contributed by atoms with E-state index >= 15 is 0 Å². The minimum absolute atomic E-state index is 0.0642. The summed E-state index contributed by atoms with van der Waals surface area (Å²) in [4.78, 5) is 14.4. The van der Waals surface area contributed by atoms with Crippen molar-refractivity contribution in [2.75, 3.05) is 6.54 Å². The quantitative estimate of drug-likeness (QED) is 0.897. The highest BCUT2D eigenvalue weighted by molar-refractivity contribution is 5.81. The second-order valence-corrected chi connectivity index (χ2v) is 6.42. The standard InChI is InChI=1S/C17H24N2O/c1-12-8-9-15(10-13(12)2)19-16(20)11-18-17(19)14-6-4-3-5-7-14/h3-7,12-13,15,17-18H,8-11H2,1-2H3. The molecule has 0 bridgehead atoms. The molecule has 1 aromatic carbocycles. The molecule has 1 aliphatic carbocycles. The van der Waals surface area contributed by atoms with Gasteiger partial charge in [0.25, 0.3) is 0 Å². The lowest BCUT2D eigenvalue weighted by atomic mass is 9.78. The first-order valence-corrected chi connectivity index (χ1v) is 7.76. The summed E-state index contributed by atoms with van der Waals surface area (Å²) in [7, 11) is 0. The Morgan fingerprint density at radius 1 is 1.10 bits per heavy atom. The maximum absolute atomic E-state index is 12.3. The number of amides is 1. The second-order valence-electron chi connectivity index (χ2n) is 6.42. The molecule has 1 heterocycles. The van der Waals surface area contributed by atoms with Crippen LogP contribution in [0.15, 0.2) is 30.3 Å². The molecule has 4 atom stereocenters. The zero-order valence-corrected chi connectivity index (χ0v) is 12.4. The van der Waals surface area contributed by atoms with Gasteiger partial charge in [-0.15, -0.1) is 0 Å². The van der Waals surface area contributed by atoms with Crippen molar-refractivity contribution in [1.29, 1.82) is 0 Å². The molecular weight excluding hydrogens is 248 g/mol. The summed E-state index contributed by atoms with van der Waals surface area (Å²) in [5.74, 6) is 1.75. The molecule has 3 rings (SSSR count). The van der Waals surface area contributed by atoms with Crippen molar-refractivity contribution in [2.24, 2.45) is 11.8 Å². The van der Waals surface area contributed by atoms with E-state index in [1.807, 2.05) is 18.2 Å². The third-order valence-corrected chi connectivity index (χ3v) is 5.09. The monoisotopic (exact) mass is 272 g/mol. The smallest absolute Gasteiger partial charge is 0.238 e. The zero-order valence-electron chi connectivity index (χ0n) is 12.4. The third-order valence-electron chi connectivity index (χ3n) is 5.09. The van der Waals surface area contributed by atoms with E-state index < -0.39 is 0 Å². The Hall–Kier alpha value is -1.35. The number of rotatable bonds is 2. The van der Waals surface area contributed by atoms with E-state index in [0.29, 0.717) is 18.5 Å². The fourth-order valence-electron chi connectivity index (χ4n) is 3.62. The Morgan fingerprint density at radius 3 is 2.55 bits per heavy atom. The number of nitrogens with zero attached hydrogens (tertiary/aromatic N) is 1. The van der Waals surface area contributed by atoms with E-state index in [2.05, 4.69) is 36.2 Å². The fraction of sp³-hybridized carbons (Fsp3) is 0.588. The molecule has 1 saturated carbocycles. The van der Waals surface area contributed by atoms with E-state index in [4.69, 9.17) is 0 Å². The number of carbonyl (C=O) groups is 1. The van der Waals surface area contributed by atoms with Crippen molar-refractivity contribution < 1.29 is 4.79 Å². The average molecular weight is 272 g/mol. The molecule has 1 aromatic rings. The number of nitrogens with one attached hydrogen (secondary N) is 1. The summed E-state index contributed by atoms with van der Waals surface area (Å²) in [6, 6.07) is 10.7. The summed E-state index contributed by atoms with van der Waals surface area (Å²) in [5, 5.41) is 3.37. The molecule has 2 aliphatic rings. The summed E-state index contributed by atoms with van der Waals surface area (Å²) in [6.07, 6.45) is 3.58. The van der Waals surface area contributed by atoms with Crippen molar-refractivity contribution in [3.63, 3.8) is 0 Å². The van der Waals surface area contributed by atoms with Crippen LogP contribution in [0.5, 0.6) is 0 Å². The maximum atomic E-state index is 12.3. The molecule has 108 valence electrons. The van der Waals surface area contributed by atoms with Gasteiger partial charge in [0.15, 0.2) is 0 Å². The number of hydrogen-bond donors (Lipinski definition) is 1. The van der Waals surface area contributed by atoms with Crippen molar-refractivity contribution in [2.45, 2.75) is 45.3 Å². The molecule has 1 aliphatic heterocycles. The number of benzene rings is 1. The van der Waals surface area contributed by atoms with Gasteiger partial charge in [-0.25, -0.2) is 0 Å². The lowest BCUT2D eigenvalue weighted by Crippen LogP contribution is -2.43. The molecule has 3 heteroatoms. The topological polar surface area (TPSA) is 32.3 Å². The zero-order chi connectivity index (χ0) is 14.1. The predicted octanol–water partition coefficient (Wildman–Crippen LogP) is 2.94. The molecule has 3 nitrogen and oxygen atoms in total. The van der Waals surface area contributed by atoms with E-state index in [-0.39, 0.29) is 12.1 Å². The van der Waals surface area contributed by atoms with Crippen LogP contribution in [0, 0.1) is 11.8 Å². The fourth-order valence-corrected chi connectivity index (χ4v) is 3.62. The predicted molar refractivity (Wildman–Crippen MR) is 80.0 cm³/mol. The molecule has 0 radical (unpaired) electrons. The van der Waals surface area contributed by atoms with E-state index in [0.717, 1.165) is 18.8 Å². The van der Waals surface area contributed by atoms with Gasteiger partial charge in [-0.2, -0.15) is 0 Å². The molecule has 4 unspecified atom stereocenters. The largest absolute Gasteiger partial charge is 0.319 e. The third kappa shape index (κ3) is 2.47. The first kappa shape index (κ1) is 13.6. The summed E-state index contributed by atoms with van der Waals surface area (Å²) < 4.78 is 0. The van der Waals surface area contributed by atoms with Gasteiger partial charge >= 0.3 is 0 Å². The molecule has 0 aromatic heterocycles. The molecule has 2 fully saturated rings. The minimum Gasteiger partial charge on any atom is -0.319 e. The molecule has 0 spiro atoms. The van der Waals surface area contributed by atoms with Gasteiger partial charge in [0.2, 0.25) is 5.91 Å². The average Bonchev–Trinajstić information content (AvgIpc) is 2.85. The summed E-state index contributed by atoms with van der Waals surface area (Å²) in [6.45, 7) is 5.13. The van der Waals surface area contributed by atoms with Crippen LogP contribution in [0.25, 0.3) is 0 Å². The molecular formula is C17H24N2O. The Morgan fingerprint density at radius 2 is 1.85 bits per heavy atom. The van der Waals surface area contributed by atoms with E-state index in [1.54, 1.807) is 0 Å². The van der Waals surface area contributed by atoms with Gasteiger partial charge in [-0.3, -0.25) is 10.1 Å². The Bertz CT molecular complexity index is 473. The van der Waals surface area contributed by atoms with Gasteiger partial charge in [0, 0.05) is 6.04 Å². The Balaban J connectivity index is 1.81. The van der Waals surface area contributed by atoms with Crippen LogP contribution in [0.2, 0.25) is 0 Å². The molecule has 1 amide bonds. The van der Waals surface area contributed by atoms with E-state index in [9.17, 15) is 4.79 Å². The highest BCUT2D eigenvalue weighted by Gasteiger charge is 2.39. The highest BCUT2D eigenvalue weighted by Crippen LogP contribution is 2.36. The SMILES string of the molecule is CC1CCC(N2C(=O)CNC2c2ccccc2)CC1C. The lowest BCUT2D eigenvalue weighted by Gasteiger charge is -2.40. The Labute approximate surface area is 121 Å². The molecule has 20 heavy (non-hydrogen) atoms. The van der Waals surface area contributed by atoms with Crippen molar-refractivity contribution in [1.82, 2.24) is 10.2 Å². The van der Waals surface area contributed by atoms with Crippen LogP contribution in [0.1, 0.15) is 44.8 Å². The van der Waals surface area contributed by atoms with Gasteiger partial charge in [0.05, 0.1) is 6.54 Å². The first-order chi connectivity index (χ1) is 9.66. The summed E-state index contributed by atoms with van der Waals surface area (Å²) in [5.41, 5.74) is 1.20. The normalized spacial score (nSPS) is 34.5. The summed E-state index contributed by atoms with van der Waals surface area (Å²) >= 11 is 0. The number of carbonyl (C=O) groups excluding carboxylic acids is 1. The molecule has 1 saturated heterocycles. The van der Waals surface area contributed by atoms with Crippen LogP contribution in [-0.2, 0) is 4.79 Å². The van der Waals surface area contributed by atoms with Gasteiger partial charge in [-0.05, 0) is 36.7 Å². The van der Waals surface area contributed by atoms with Crippen LogP contribution >= 0.6 is 0 Å². The first-order valence-electron chi connectivity index (χ1n) is 7.76. The maximum Gasteiger partial charge on any atom is 0.238 e. The van der Waals surface area contributed by atoms with Crippen molar-refractivity contribution in [3.05, 3.63) is 35.9 Å². The lowest BCUT2D eigenvalue weighted by molar-refractivity contribution is -0.131. The van der Waals surface area contributed by atoms with Crippen LogP contribution in [0.4, 0.5) is 0 Å². The minimum atomic E-state index is 0.0642. The van der Waals surface area contributed by atoms with Gasteiger partial charge < -0.3 is 4.90 Å². The highest BCUT2D eigenvalue weighted by atomic mass is 16.2.